The third kappa shape index (κ3) is 4.97. The zero-order chi connectivity index (χ0) is 30.9. The van der Waals surface area contributed by atoms with Gasteiger partial charge in [-0.2, -0.15) is 0 Å². The number of para-hydroxylation sites is 1. The van der Waals surface area contributed by atoms with Crippen LogP contribution in [0.15, 0.2) is 48.7 Å². The minimum Gasteiger partial charge on any atom is -0.478 e. The average Bonchev–Trinajstić information content (AvgIpc) is 3.71. The van der Waals surface area contributed by atoms with E-state index in [2.05, 4.69) is 25.4 Å². The number of anilines is 1. The molecule has 6 heterocycles. The van der Waals surface area contributed by atoms with Gasteiger partial charge in [-0.15, -0.1) is 0 Å². The van der Waals surface area contributed by atoms with Gasteiger partial charge in [0.15, 0.2) is 11.5 Å². The number of pyridine rings is 1. The highest BCUT2D eigenvalue weighted by Gasteiger charge is 2.46. The van der Waals surface area contributed by atoms with Crippen molar-refractivity contribution >= 4 is 45.9 Å². The molecule has 45 heavy (non-hydrogen) atoms. The van der Waals surface area contributed by atoms with Gasteiger partial charge in [0.2, 0.25) is 0 Å². The van der Waals surface area contributed by atoms with Crippen LogP contribution in [0.4, 0.5) is 5.69 Å². The van der Waals surface area contributed by atoms with E-state index in [0.29, 0.717) is 64.6 Å². The number of carbonyl (C=O) groups is 1. The molecule has 8 rings (SSSR count). The molecule has 0 spiro atoms. The number of fused-ring (bicyclic) bond motifs is 3. The largest absolute Gasteiger partial charge is 0.478 e. The van der Waals surface area contributed by atoms with Gasteiger partial charge in [-0.1, -0.05) is 29.3 Å². The van der Waals surface area contributed by atoms with E-state index in [1.54, 1.807) is 18.3 Å². The summed E-state index contributed by atoms with van der Waals surface area (Å²) >= 11 is 12.6. The molecule has 0 aliphatic carbocycles. The van der Waals surface area contributed by atoms with Crippen LogP contribution >= 0.6 is 23.2 Å². The zero-order valence-electron chi connectivity index (χ0n) is 24.5. The number of piperazine rings is 1. The van der Waals surface area contributed by atoms with Crippen LogP contribution in [0.3, 0.4) is 0 Å². The lowest BCUT2D eigenvalue weighted by Gasteiger charge is -2.44. The summed E-state index contributed by atoms with van der Waals surface area (Å²) in [6, 6.07) is 12.8. The van der Waals surface area contributed by atoms with Crippen molar-refractivity contribution in [1.82, 2.24) is 19.4 Å². The molecule has 2 aromatic carbocycles. The zero-order valence-corrected chi connectivity index (χ0v) is 26.0. The van der Waals surface area contributed by atoms with Crippen LogP contribution in [0.5, 0.6) is 11.5 Å². The second kappa shape index (κ2) is 11.0. The first-order valence-corrected chi connectivity index (χ1v) is 15.8. The molecule has 4 atom stereocenters. The Labute approximate surface area is 269 Å². The number of ether oxygens (including phenoxy) is 4. The Bertz CT molecular complexity index is 1800. The quantitative estimate of drug-likeness (QED) is 0.294. The topological polar surface area (TPSA) is 111 Å². The van der Waals surface area contributed by atoms with Gasteiger partial charge in [0.1, 0.15) is 17.0 Å². The summed E-state index contributed by atoms with van der Waals surface area (Å²) in [5.41, 5.74) is 3.03. The predicted octanol–water partition coefficient (Wildman–Crippen LogP) is 4.96. The maximum Gasteiger partial charge on any atom is 0.335 e. The fraction of sp³-hybridized carbons (Fsp3) is 0.406. The lowest BCUT2D eigenvalue weighted by Crippen LogP contribution is -2.59. The third-order valence-corrected chi connectivity index (χ3v) is 9.75. The van der Waals surface area contributed by atoms with E-state index < -0.39 is 11.8 Å². The van der Waals surface area contributed by atoms with Crippen LogP contribution in [0.25, 0.3) is 11.0 Å². The maximum atomic E-state index is 11.8. The summed E-state index contributed by atoms with van der Waals surface area (Å²) in [7, 11) is 0. The van der Waals surface area contributed by atoms with E-state index in [9.17, 15) is 9.90 Å². The van der Waals surface area contributed by atoms with E-state index in [4.69, 9.17) is 47.1 Å². The fourth-order valence-electron chi connectivity index (χ4n) is 6.82. The van der Waals surface area contributed by atoms with Gasteiger partial charge in [-0.3, -0.25) is 9.88 Å². The van der Waals surface area contributed by atoms with Crippen LogP contribution in [0.2, 0.25) is 10.0 Å². The molecule has 11 nitrogen and oxygen atoms in total. The second-order valence-electron chi connectivity index (χ2n) is 12.0. The van der Waals surface area contributed by atoms with E-state index in [1.807, 2.05) is 25.1 Å². The first-order valence-electron chi connectivity index (χ1n) is 15.0. The maximum absolute atomic E-state index is 11.8. The molecule has 0 radical (unpaired) electrons. The summed E-state index contributed by atoms with van der Waals surface area (Å²) in [5.74, 6) is 0.0620. The smallest absolute Gasteiger partial charge is 0.335 e. The summed E-state index contributed by atoms with van der Waals surface area (Å²) in [5, 5.41) is 10.6. The summed E-state index contributed by atoms with van der Waals surface area (Å²) in [6.07, 6.45) is 2.59. The van der Waals surface area contributed by atoms with Crippen molar-refractivity contribution in [3.05, 3.63) is 75.8 Å². The molecule has 0 unspecified atom stereocenters. The molecule has 0 amide bonds. The predicted molar refractivity (Wildman–Crippen MR) is 167 cm³/mol. The van der Waals surface area contributed by atoms with E-state index in [-0.39, 0.29) is 23.8 Å². The lowest BCUT2D eigenvalue weighted by molar-refractivity contribution is -0.0716. The molecule has 4 aromatic rings. The third-order valence-electron chi connectivity index (χ3n) is 9.24. The number of aromatic carboxylic acids is 1. The fourth-order valence-corrected chi connectivity index (χ4v) is 7.19. The number of nitrogens with zero attached hydrogens (tertiary/aromatic N) is 5. The SMILES string of the molecule is C[C@@]1(c2ccc(Cl)cn2)Oc2cccc(N3CCN(Cc4nc5c(Cl)cc(C(=O)O)cc5n4C[C@@H]4CCO4)[C@@H]4COC[C@@H]43)c2O1. The summed E-state index contributed by atoms with van der Waals surface area (Å²) in [4.78, 5) is 26.0. The molecule has 4 aliphatic heterocycles. The number of halogens is 2. The Morgan fingerprint density at radius 3 is 2.71 bits per heavy atom. The van der Waals surface area contributed by atoms with Crippen LogP contribution in [0.1, 0.15) is 35.2 Å². The monoisotopic (exact) mass is 651 g/mol. The van der Waals surface area contributed by atoms with E-state index >= 15 is 0 Å². The van der Waals surface area contributed by atoms with E-state index in [1.165, 1.54) is 6.07 Å². The molecule has 3 fully saturated rings. The number of carboxylic acids is 1. The molecular formula is C32H31Cl2N5O6. The van der Waals surface area contributed by atoms with Crippen molar-refractivity contribution in [3.8, 4) is 11.5 Å². The number of imidazole rings is 1. The minimum absolute atomic E-state index is 0.0592. The Hall–Kier alpha value is -3.61. The highest BCUT2D eigenvalue weighted by atomic mass is 35.5. The molecule has 1 N–H and O–H groups in total. The molecule has 13 heteroatoms. The molecule has 0 bridgehead atoms. The molecule has 3 saturated heterocycles. The number of carboxylic acid groups (broad SMARTS) is 1. The average molecular weight is 653 g/mol. The van der Waals surface area contributed by atoms with Crippen molar-refractivity contribution in [3.63, 3.8) is 0 Å². The van der Waals surface area contributed by atoms with Crippen LogP contribution in [0, 0.1) is 0 Å². The molecule has 0 saturated carbocycles. The second-order valence-corrected chi connectivity index (χ2v) is 12.8. The first-order chi connectivity index (χ1) is 21.8. The summed E-state index contributed by atoms with van der Waals surface area (Å²) in [6.45, 7) is 6.37. The minimum atomic E-state index is -1.08. The molecule has 4 aliphatic rings. The Morgan fingerprint density at radius 1 is 1.11 bits per heavy atom. The number of benzene rings is 2. The van der Waals surface area contributed by atoms with Crippen molar-refractivity contribution < 1.29 is 28.8 Å². The molecule has 234 valence electrons. The van der Waals surface area contributed by atoms with Gasteiger partial charge in [0, 0.05) is 32.8 Å². The van der Waals surface area contributed by atoms with Crippen molar-refractivity contribution in [1.29, 1.82) is 0 Å². The van der Waals surface area contributed by atoms with Gasteiger partial charge in [0.05, 0.1) is 71.3 Å². The number of aromatic nitrogens is 3. The summed E-state index contributed by atoms with van der Waals surface area (Å²) < 4.78 is 26.7. The van der Waals surface area contributed by atoms with E-state index in [0.717, 1.165) is 37.6 Å². The number of rotatable bonds is 7. The molecular weight excluding hydrogens is 621 g/mol. The van der Waals surface area contributed by atoms with Gasteiger partial charge < -0.3 is 33.5 Å². The molecule has 2 aromatic heterocycles. The van der Waals surface area contributed by atoms with Crippen LogP contribution in [-0.2, 0) is 28.4 Å². The van der Waals surface area contributed by atoms with Gasteiger partial charge in [0.25, 0.3) is 5.79 Å². The van der Waals surface area contributed by atoms with Crippen LogP contribution < -0.4 is 14.4 Å². The first kappa shape index (κ1) is 28.8. The van der Waals surface area contributed by atoms with Gasteiger partial charge in [-0.25, -0.2) is 9.78 Å². The van der Waals surface area contributed by atoms with Crippen molar-refractivity contribution in [2.45, 2.75) is 50.4 Å². The normalized spacial score (nSPS) is 25.8. The van der Waals surface area contributed by atoms with Crippen molar-refractivity contribution in [2.75, 3.05) is 37.8 Å². The van der Waals surface area contributed by atoms with Gasteiger partial charge in [-0.05, 0) is 42.8 Å². The highest BCUT2D eigenvalue weighted by molar-refractivity contribution is 6.35. The number of hydrogen-bond donors (Lipinski definition) is 1. The highest BCUT2D eigenvalue weighted by Crippen LogP contribution is 2.50. The standard InChI is InChI=1S/C32H31Cl2N5O6/c1-32(27-6-5-19(33)13-35-27)44-26-4-2-3-22(30(26)45-32)38-9-8-37(24-16-42-17-25(24)38)15-28-36-29-21(34)11-18(31(40)41)12-23(29)39(28)14-20-7-10-43-20/h2-6,11-13,20,24-25H,7-10,14-17H2,1H3,(H,40,41)/t20-,24+,25-,32+/m0/s1. The Morgan fingerprint density at radius 2 is 1.96 bits per heavy atom. The van der Waals surface area contributed by atoms with Crippen LogP contribution in [-0.4, -0.2) is 81.6 Å². The Kier molecular flexibility index (Phi) is 7.07. The number of hydrogen-bond acceptors (Lipinski definition) is 9. The Balaban J connectivity index is 1.08. The lowest BCUT2D eigenvalue weighted by atomic mass is 10.0. The van der Waals surface area contributed by atoms with Crippen molar-refractivity contribution in [2.24, 2.45) is 0 Å². The van der Waals surface area contributed by atoms with Gasteiger partial charge >= 0.3 is 5.97 Å².